The van der Waals surface area contributed by atoms with Gasteiger partial charge in [-0.15, -0.1) is 0 Å². The van der Waals surface area contributed by atoms with Crippen molar-refractivity contribution in [2.45, 2.75) is 19.8 Å². The molecule has 0 saturated heterocycles. The summed E-state index contributed by atoms with van der Waals surface area (Å²) in [7, 11) is 0. The molecule has 0 aromatic heterocycles. The third-order valence-electron chi connectivity index (χ3n) is 3.55. The van der Waals surface area contributed by atoms with Gasteiger partial charge in [0.1, 0.15) is 5.82 Å². The van der Waals surface area contributed by atoms with Crippen molar-refractivity contribution in [3.63, 3.8) is 0 Å². The molecule has 22 heavy (non-hydrogen) atoms. The average molecular weight is 301 g/mol. The van der Waals surface area contributed by atoms with Crippen molar-refractivity contribution in [1.29, 1.82) is 0 Å². The lowest BCUT2D eigenvalue weighted by atomic mass is 10.1. The first-order chi connectivity index (χ1) is 10.6. The van der Waals surface area contributed by atoms with Gasteiger partial charge in [0.2, 0.25) is 12.7 Å². The van der Waals surface area contributed by atoms with Crippen LogP contribution in [0, 0.1) is 12.7 Å². The van der Waals surface area contributed by atoms with Crippen molar-refractivity contribution >= 4 is 11.6 Å². The summed E-state index contributed by atoms with van der Waals surface area (Å²) < 4.78 is 23.7. The molecule has 0 atom stereocenters. The summed E-state index contributed by atoms with van der Waals surface area (Å²) in [4.78, 5) is 12.0. The summed E-state index contributed by atoms with van der Waals surface area (Å²) in [6, 6.07) is 9.97. The minimum atomic E-state index is -0.364. The van der Waals surface area contributed by atoms with Gasteiger partial charge in [0.15, 0.2) is 11.5 Å². The molecule has 1 N–H and O–H groups in total. The zero-order chi connectivity index (χ0) is 15.5. The largest absolute Gasteiger partial charge is 0.454 e. The molecule has 2 aromatic carbocycles. The topological polar surface area (TPSA) is 47.6 Å². The molecule has 0 unspecified atom stereocenters. The lowest BCUT2D eigenvalue weighted by Crippen LogP contribution is -2.13. The number of amides is 1. The standard InChI is InChI=1S/C17H16FNO3/c1-11-2-5-13(18)9-14(11)19-17(20)7-4-12-3-6-15-16(8-12)22-10-21-15/h2-3,5-6,8-9H,4,7,10H2,1H3,(H,19,20). The zero-order valence-corrected chi connectivity index (χ0v) is 12.2. The second kappa shape index (κ2) is 6.05. The number of fused-ring (bicyclic) bond motifs is 1. The number of anilines is 1. The normalized spacial score (nSPS) is 12.3. The van der Waals surface area contributed by atoms with Gasteiger partial charge in [-0.25, -0.2) is 4.39 Å². The number of halogens is 1. The minimum Gasteiger partial charge on any atom is -0.454 e. The highest BCUT2D eigenvalue weighted by Crippen LogP contribution is 2.32. The van der Waals surface area contributed by atoms with Gasteiger partial charge in [0.25, 0.3) is 0 Å². The van der Waals surface area contributed by atoms with Crippen LogP contribution in [-0.2, 0) is 11.2 Å². The number of ether oxygens (including phenoxy) is 2. The van der Waals surface area contributed by atoms with Crippen molar-refractivity contribution in [2.75, 3.05) is 12.1 Å². The van der Waals surface area contributed by atoms with Crippen LogP contribution in [0.25, 0.3) is 0 Å². The molecule has 114 valence electrons. The first-order valence-electron chi connectivity index (χ1n) is 7.06. The van der Waals surface area contributed by atoms with Crippen molar-refractivity contribution in [3.05, 3.63) is 53.3 Å². The molecule has 1 aliphatic heterocycles. The number of nitrogens with one attached hydrogen (secondary N) is 1. The Morgan fingerprint density at radius 3 is 2.86 bits per heavy atom. The van der Waals surface area contributed by atoms with Crippen LogP contribution in [0.2, 0.25) is 0 Å². The molecule has 0 spiro atoms. The van der Waals surface area contributed by atoms with E-state index in [1.54, 1.807) is 6.07 Å². The molecule has 2 aromatic rings. The van der Waals surface area contributed by atoms with Gasteiger partial charge in [-0.05, 0) is 48.7 Å². The van der Waals surface area contributed by atoms with E-state index in [-0.39, 0.29) is 18.5 Å². The van der Waals surface area contributed by atoms with Gasteiger partial charge in [-0.3, -0.25) is 4.79 Å². The van der Waals surface area contributed by atoms with E-state index in [2.05, 4.69) is 5.32 Å². The van der Waals surface area contributed by atoms with Crippen LogP contribution >= 0.6 is 0 Å². The monoisotopic (exact) mass is 301 g/mol. The summed E-state index contributed by atoms with van der Waals surface area (Å²) in [5, 5.41) is 2.74. The van der Waals surface area contributed by atoms with E-state index in [4.69, 9.17) is 9.47 Å². The van der Waals surface area contributed by atoms with E-state index >= 15 is 0 Å². The summed E-state index contributed by atoms with van der Waals surface area (Å²) in [5.41, 5.74) is 2.34. The van der Waals surface area contributed by atoms with Crippen LogP contribution in [0.15, 0.2) is 36.4 Å². The maximum Gasteiger partial charge on any atom is 0.231 e. The van der Waals surface area contributed by atoms with Crippen molar-refractivity contribution in [3.8, 4) is 11.5 Å². The van der Waals surface area contributed by atoms with E-state index in [1.807, 2.05) is 25.1 Å². The number of carbonyl (C=O) groups is 1. The predicted octanol–water partition coefficient (Wildman–Crippen LogP) is 3.43. The van der Waals surface area contributed by atoms with E-state index in [0.717, 1.165) is 16.9 Å². The van der Waals surface area contributed by atoms with Gasteiger partial charge >= 0.3 is 0 Å². The Morgan fingerprint density at radius 2 is 2.00 bits per heavy atom. The van der Waals surface area contributed by atoms with Crippen molar-refractivity contribution in [2.24, 2.45) is 0 Å². The Balaban J connectivity index is 1.59. The smallest absolute Gasteiger partial charge is 0.231 e. The molecule has 0 radical (unpaired) electrons. The second-order valence-corrected chi connectivity index (χ2v) is 5.20. The van der Waals surface area contributed by atoms with Crippen molar-refractivity contribution in [1.82, 2.24) is 0 Å². The Bertz CT molecular complexity index is 715. The zero-order valence-electron chi connectivity index (χ0n) is 12.2. The number of hydrogen-bond acceptors (Lipinski definition) is 3. The third kappa shape index (κ3) is 3.19. The maximum absolute atomic E-state index is 13.2. The lowest BCUT2D eigenvalue weighted by molar-refractivity contribution is -0.116. The molecular formula is C17H16FNO3. The van der Waals surface area contributed by atoms with E-state index in [0.29, 0.717) is 24.3 Å². The van der Waals surface area contributed by atoms with E-state index in [1.165, 1.54) is 12.1 Å². The number of aryl methyl sites for hydroxylation is 2. The molecule has 1 heterocycles. The fraction of sp³-hybridized carbons (Fsp3) is 0.235. The summed E-state index contributed by atoms with van der Waals surface area (Å²) in [5.74, 6) is 0.922. The number of rotatable bonds is 4. The molecule has 0 saturated carbocycles. The molecular weight excluding hydrogens is 285 g/mol. The molecule has 0 aliphatic carbocycles. The van der Waals surface area contributed by atoms with Crippen LogP contribution in [0.1, 0.15) is 17.5 Å². The molecule has 5 heteroatoms. The average Bonchev–Trinajstić information content (AvgIpc) is 2.96. The van der Waals surface area contributed by atoms with E-state index in [9.17, 15) is 9.18 Å². The SMILES string of the molecule is Cc1ccc(F)cc1NC(=O)CCc1ccc2c(c1)OCO2. The van der Waals surface area contributed by atoms with Gasteiger partial charge in [-0.2, -0.15) is 0 Å². The summed E-state index contributed by atoms with van der Waals surface area (Å²) in [6.07, 6.45) is 0.895. The fourth-order valence-electron chi connectivity index (χ4n) is 2.30. The van der Waals surface area contributed by atoms with Crippen LogP contribution in [0.4, 0.5) is 10.1 Å². The number of carbonyl (C=O) groups excluding carboxylic acids is 1. The second-order valence-electron chi connectivity index (χ2n) is 5.20. The van der Waals surface area contributed by atoms with Crippen LogP contribution in [0.3, 0.4) is 0 Å². The highest BCUT2D eigenvalue weighted by Gasteiger charge is 2.14. The first-order valence-corrected chi connectivity index (χ1v) is 7.06. The Morgan fingerprint density at radius 1 is 1.18 bits per heavy atom. The van der Waals surface area contributed by atoms with E-state index < -0.39 is 0 Å². The third-order valence-corrected chi connectivity index (χ3v) is 3.55. The van der Waals surface area contributed by atoms with Gasteiger partial charge in [0, 0.05) is 12.1 Å². The van der Waals surface area contributed by atoms with Gasteiger partial charge in [-0.1, -0.05) is 12.1 Å². The van der Waals surface area contributed by atoms with Crippen molar-refractivity contribution < 1.29 is 18.7 Å². The minimum absolute atomic E-state index is 0.147. The number of hydrogen-bond donors (Lipinski definition) is 1. The Kier molecular flexibility index (Phi) is 3.96. The quantitative estimate of drug-likeness (QED) is 0.941. The molecule has 4 nitrogen and oxygen atoms in total. The Hall–Kier alpha value is -2.56. The lowest BCUT2D eigenvalue weighted by Gasteiger charge is -2.08. The molecule has 1 aliphatic rings. The van der Waals surface area contributed by atoms with Crippen LogP contribution in [-0.4, -0.2) is 12.7 Å². The summed E-state index contributed by atoms with van der Waals surface area (Å²) in [6.45, 7) is 2.06. The highest BCUT2D eigenvalue weighted by atomic mass is 19.1. The predicted molar refractivity (Wildman–Crippen MR) is 80.7 cm³/mol. The van der Waals surface area contributed by atoms with Gasteiger partial charge < -0.3 is 14.8 Å². The molecule has 1 amide bonds. The highest BCUT2D eigenvalue weighted by molar-refractivity contribution is 5.91. The maximum atomic E-state index is 13.2. The first kappa shape index (κ1) is 14.4. The van der Waals surface area contributed by atoms with Crippen LogP contribution < -0.4 is 14.8 Å². The Labute approximate surface area is 127 Å². The molecule has 0 fully saturated rings. The molecule has 3 rings (SSSR count). The van der Waals surface area contributed by atoms with Gasteiger partial charge in [0.05, 0.1) is 0 Å². The fourth-order valence-corrected chi connectivity index (χ4v) is 2.30. The number of benzene rings is 2. The van der Waals surface area contributed by atoms with Crippen LogP contribution in [0.5, 0.6) is 11.5 Å². The summed E-state index contributed by atoms with van der Waals surface area (Å²) >= 11 is 0. The molecule has 0 bridgehead atoms.